The Labute approximate surface area is 214 Å². The van der Waals surface area contributed by atoms with Crippen molar-refractivity contribution in [1.29, 1.82) is 0 Å². The van der Waals surface area contributed by atoms with Crippen LogP contribution >= 0.6 is 0 Å². The molecule has 2 heterocycles. The molecule has 0 fully saturated rings. The lowest BCUT2D eigenvalue weighted by molar-refractivity contribution is 0.102. The van der Waals surface area contributed by atoms with E-state index in [9.17, 15) is 26.7 Å². The zero-order valence-electron chi connectivity index (χ0n) is 20.5. The minimum atomic E-state index is -3.67. The van der Waals surface area contributed by atoms with E-state index in [0.717, 1.165) is 0 Å². The number of aliphatic hydroxyl groups excluding tert-OH is 1. The molecule has 0 saturated heterocycles. The number of hydrogen-bond donors (Lipinski definition) is 3. The van der Waals surface area contributed by atoms with E-state index in [4.69, 9.17) is 14.0 Å². The van der Waals surface area contributed by atoms with E-state index in [2.05, 4.69) is 15.4 Å². The fourth-order valence-corrected chi connectivity index (χ4v) is 3.45. The number of aromatic nitrogens is 3. The molecular weight excluding hydrogens is 528 g/mol. The molecule has 2 aromatic heterocycles. The number of nitrogens with one attached hydrogen (secondary N) is 1. The number of aliphatic hydroxyl groups is 1. The van der Waals surface area contributed by atoms with E-state index in [0.29, 0.717) is 17.8 Å². The van der Waals surface area contributed by atoms with Crippen LogP contribution in [-0.2, 0) is 27.0 Å². The molecule has 3 aromatic rings. The molecule has 37 heavy (non-hydrogen) atoms. The number of pyridine rings is 1. The maximum atomic E-state index is 12.7. The Morgan fingerprint density at radius 1 is 1.11 bits per heavy atom. The normalized spacial score (nSPS) is 12.2. The predicted molar refractivity (Wildman–Crippen MR) is 134 cm³/mol. The number of ether oxygens (including phenoxy) is 2. The van der Waals surface area contributed by atoms with Crippen LogP contribution in [-0.4, -0.2) is 71.9 Å². The highest BCUT2D eigenvalue weighted by Gasteiger charge is 2.16. The Hall–Kier alpha value is -3.53. The van der Waals surface area contributed by atoms with E-state index in [-0.39, 0.29) is 34.4 Å². The van der Waals surface area contributed by atoms with Crippen molar-refractivity contribution in [3.8, 4) is 17.2 Å². The Bertz CT molecular complexity index is 1410. The van der Waals surface area contributed by atoms with Gasteiger partial charge in [-0.2, -0.15) is 13.5 Å². The summed E-state index contributed by atoms with van der Waals surface area (Å²) < 4.78 is 62.7. The first kappa shape index (κ1) is 29.7. The maximum Gasteiger partial charge on any atom is 0.261 e. The van der Waals surface area contributed by atoms with Gasteiger partial charge in [0.05, 0.1) is 24.8 Å². The highest BCUT2D eigenvalue weighted by atomic mass is 32.2. The smallest absolute Gasteiger partial charge is 0.261 e. The first-order valence-electron chi connectivity index (χ1n) is 10.7. The Kier molecular flexibility index (Phi) is 10.1. The number of carbonyl (C=O) groups is 1. The van der Waals surface area contributed by atoms with Crippen LogP contribution in [0.4, 0.5) is 5.82 Å². The molecule has 0 spiro atoms. The monoisotopic (exact) mass is 556 g/mol. The van der Waals surface area contributed by atoms with Crippen LogP contribution in [0.1, 0.15) is 24.2 Å². The van der Waals surface area contributed by atoms with Crippen LogP contribution in [0.5, 0.6) is 17.2 Å². The molecular formula is C22H28N4O9S2. The lowest BCUT2D eigenvalue weighted by Gasteiger charge is -2.15. The van der Waals surface area contributed by atoms with E-state index in [1.54, 1.807) is 37.0 Å². The number of anilines is 1. The Morgan fingerprint density at radius 3 is 2.27 bits per heavy atom. The molecule has 3 N–H and O–H groups in total. The van der Waals surface area contributed by atoms with Crippen LogP contribution < -0.4 is 14.8 Å². The Balaban J connectivity index is 0.000000877. The average molecular weight is 557 g/mol. The number of amides is 1. The minimum Gasteiger partial charge on any atom is -0.488 e. The summed E-state index contributed by atoms with van der Waals surface area (Å²) >= 11 is 0. The van der Waals surface area contributed by atoms with Crippen LogP contribution in [0.2, 0.25) is 0 Å². The molecule has 1 aromatic carbocycles. The fraction of sp³-hybridized carbons (Fsp3) is 0.318. The van der Waals surface area contributed by atoms with Gasteiger partial charge in [0, 0.05) is 30.9 Å². The van der Waals surface area contributed by atoms with Gasteiger partial charge in [-0.1, -0.05) is 6.92 Å². The van der Waals surface area contributed by atoms with Gasteiger partial charge in [-0.05, 0) is 31.2 Å². The summed E-state index contributed by atoms with van der Waals surface area (Å²) in [5.41, 5.74) is 0.242. The summed E-state index contributed by atoms with van der Waals surface area (Å²) in [6.07, 6.45) is 3.20. The first-order valence-corrected chi connectivity index (χ1v) is 14.2. The number of carbonyl (C=O) groups excluding carboxylic acids is 1. The number of hydrogen-bond acceptors (Lipinski definition) is 10. The van der Waals surface area contributed by atoms with Crippen molar-refractivity contribution in [3.05, 3.63) is 54.4 Å². The van der Waals surface area contributed by atoms with Crippen LogP contribution in [0.15, 0.2) is 53.8 Å². The summed E-state index contributed by atoms with van der Waals surface area (Å²) in [5.74, 6) is 0.755. The third-order valence-corrected chi connectivity index (χ3v) is 5.97. The van der Waals surface area contributed by atoms with E-state index < -0.39 is 32.0 Å². The van der Waals surface area contributed by atoms with Gasteiger partial charge >= 0.3 is 0 Å². The summed E-state index contributed by atoms with van der Waals surface area (Å²) in [6.45, 7) is 3.01. The molecule has 0 saturated carbocycles. The summed E-state index contributed by atoms with van der Waals surface area (Å²) in [4.78, 5) is 16.7. The topological polar surface area (TPSA) is 187 Å². The van der Waals surface area contributed by atoms with Crippen LogP contribution in [0.25, 0.3) is 0 Å². The van der Waals surface area contributed by atoms with Gasteiger partial charge in [0.2, 0.25) is 0 Å². The highest BCUT2D eigenvalue weighted by Crippen LogP contribution is 2.29. The number of sulfone groups is 1. The van der Waals surface area contributed by atoms with Gasteiger partial charge in [-0.3, -0.25) is 14.0 Å². The van der Waals surface area contributed by atoms with Gasteiger partial charge in [-0.15, -0.1) is 0 Å². The predicted octanol–water partition coefficient (Wildman–Crippen LogP) is 1.92. The van der Waals surface area contributed by atoms with Gasteiger partial charge in [0.15, 0.2) is 20.7 Å². The van der Waals surface area contributed by atoms with Crippen molar-refractivity contribution >= 4 is 31.7 Å². The van der Waals surface area contributed by atoms with Crippen molar-refractivity contribution in [2.24, 2.45) is 7.05 Å². The molecule has 0 aliphatic rings. The van der Waals surface area contributed by atoms with Crippen molar-refractivity contribution in [2.45, 2.75) is 25.0 Å². The highest BCUT2D eigenvalue weighted by molar-refractivity contribution is 7.91. The van der Waals surface area contributed by atoms with E-state index >= 15 is 0 Å². The second kappa shape index (κ2) is 12.6. The van der Waals surface area contributed by atoms with Crippen molar-refractivity contribution in [1.82, 2.24) is 14.8 Å². The van der Waals surface area contributed by atoms with Crippen molar-refractivity contribution in [3.63, 3.8) is 0 Å². The fourth-order valence-electron chi connectivity index (χ4n) is 2.66. The maximum absolute atomic E-state index is 12.7. The summed E-state index contributed by atoms with van der Waals surface area (Å²) in [6, 6.07) is 9.07. The van der Waals surface area contributed by atoms with Crippen molar-refractivity contribution in [2.75, 3.05) is 23.9 Å². The molecule has 15 heteroatoms. The number of benzene rings is 1. The molecule has 3 rings (SSSR count). The third kappa shape index (κ3) is 10.2. The molecule has 13 nitrogen and oxygen atoms in total. The Morgan fingerprint density at radius 2 is 1.76 bits per heavy atom. The standard InChI is InChI=1S/C21H24N4O6S.CH4O3S/c1-4-32(28,29)20-6-5-16(12-22-20)31-18-10-15(9-17(11-18)30-14(2)13-26)21(27)23-19-7-8-25(3)24-19;1-5(2,3)4/h5-12,14,26H,4,13H2,1-3H3,(H,23,24,27);1H3,(H,2,3,4). The second-order valence-electron chi connectivity index (χ2n) is 7.70. The lowest BCUT2D eigenvalue weighted by Crippen LogP contribution is -2.17. The van der Waals surface area contributed by atoms with E-state index in [1.165, 1.54) is 37.4 Å². The molecule has 1 atom stereocenters. The quantitative estimate of drug-likeness (QED) is 0.327. The molecule has 202 valence electrons. The molecule has 0 aliphatic carbocycles. The van der Waals surface area contributed by atoms with Gasteiger partial charge in [0.1, 0.15) is 23.4 Å². The number of nitrogens with zero attached hydrogens (tertiary/aromatic N) is 3. The van der Waals surface area contributed by atoms with Crippen molar-refractivity contribution < 1.29 is 40.8 Å². The van der Waals surface area contributed by atoms with E-state index in [1.807, 2.05) is 0 Å². The van der Waals surface area contributed by atoms with Gasteiger partial charge < -0.3 is 19.9 Å². The molecule has 1 unspecified atom stereocenters. The summed E-state index contributed by atoms with van der Waals surface area (Å²) in [7, 11) is -5.36. The zero-order chi connectivity index (χ0) is 27.8. The van der Waals surface area contributed by atoms with Crippen LogP contribution in [0.3, 0.4) is 0 Å². The van der Waals surface area contributed by atoms with Gasteiger partial charge in [0.25, 0.3) is 16.0 Å². The summed E-state index contributed by atoms with van der Waals surface area (Å²) in [5, 5.41) is 16.0. The molecule has 0 radical (unpaired) electrons. The first-order chi connectivity index (χ1) is 17.2. The molecule has 0 aliphatic heterocycles. The number of aryl methyl sites for hydroxylation is 1. The average Bonchev–Trinajstić information content (AvgIpc) is 3.22. The van der Waals surface area contributed by atoms with Crippen LogP contribution in [0, 0.1) is 0 Å². The lowest BCUT2D eigenvalue weighted by atomic mass is 10.2. The molecule has 1 amide bonds. The zero-order valence-corrected chi connectivity index (χ0v) is 22.2. The number of rotatable bonds is 9. The third-order valence-electron chi connectivity index (χ3n) is 4.34. The second-order valence-corrected chi connectivity index (χ2v) is 11.4. The van der Waals surface area contributed by atoms with Gasteiger partial charge in [-0.25, -0.2) is 13.4 Å². The molecule has 0 bridgehead atoms. The minimum absolute atomic E-state index is 0.0448. The largest absolute Gasteiger partial charge is 0.488 e. The SMILES string of the molecule is CCS(=O)(=O)c1ccc(Oc2cc(OC(C)CO)cc(C(=O)Nc3ccn(C)n3)c2)cn1.CS(=O)(=O)O.